The van der Waals surface area contributed by atoms with Gasteiger partial charge in [0.1, 0.15) is 5.75 Å². The second-order valence-corrected chi connectivity index (χ2v) is 7.76. The van der Waals surface area contributed by atoms with Crippen LogP contribution in [0.25, 0.3) is 0 Å². The van der Waals surface area contributed by atoms with Crippen LogP contribution in [0.2, 0.25) is 5.02 Å². The van der Waals surface area contributed by atoms with E-state index in [0.29, 0.717) is 10.8 Å². The minimum Gasteiger partial charge on any atom is -0.481 e. The number of nitrogens with one attached hydrogen (secondary N) is 1. The van der Waals surface area contributed by atoms with Crippen LogP contribution in [-0.4, -0.2) is 17.6 Å². The first-order chi connectivity index (χ1) is 9.48. The van der Waals surface area contributed by atoms with Crippen molar-refractivity contribution in [3.05, 3.63) is 29.3 Å². The van der Waals surface area contributed by atoms with E-state index in [9.17, 15) is 4.79 Å². The third-order valence-corrected chi connectivity index (χ3v) is 3.15. The van der Waals surface area contributed by atoms with Gasteiger partial charge in [0.2, 0.25) is 0 Å². The normalized spacial score (nSPS) is 13.7. The van der Waals surface area contributed by atoms with Crippen molar-refractivity contribution >= 4 is 17.5 Å². The molecule has 0 aromatic heterocycles. The highest BCUT2D eigenvalue weighted by molar-refractivity contribution is 6.30. The number of carbonyl (C=O) groups is 1. The third-order valence-electron chi connectivity index (χ3n) is 2.91. The molecule has 0 bridgehead atoms. The maximum atomic E-state index is 12.3. The van der Waals surface area contributed by atoms with E-state index < -0.39 is 6.10 Å². The van der Waals surface area contributed by atoms with Gasteiger partial charge in [0, 0.05) is 10.6 Å². The lowest BCUT2D eigenvalue weighted by atomic mass is 9.81. The van der Waals surface area contributed by atoms with Crippen molar-refractivity contribution in [1.82, 2.24) is 5.32 Å². The van der Waals surface area contributed by atoms with Gasteiger partial charge in [0.05, 0.1) is 0 Å². The highest BCUT2D eigenvalue weighted by Gasteiger charge is 2.29. The van der Waals surface area contributed by atoms with Crippen LogP contribution in [-0.2, 0) is 4.79 Å². The van der Waals surface area contributed by atoms with Gasteiger partial charge in [-0.25, -0.2) is 0 Å². The Balaban J connectivity index is 2.62. The number of amides is 1. The zero-order valence-corrected chi connectivity index (χ0v) is 14.5. The van der Waals surface area contributed by atoms with Gasteiger partial charge < -0.3 is 10.1 Å². The first-order valence-electron chi connectivity index (χ1n) is 7.23. The van der Waals surface area contributed by atoms with Crippen molar-refractivity contribution in [1.29, 1.82) is 0 Å². The minimum atomic E-state index is -0.567. The summed E-state index contributed by atoms with van der Waals surface area (Å²) in [4.78, 5) is 12.3. The molecule has 3 nitrogen and oxygen atoms in total. The van der Waals surface area contributed by atoms with E-state index in [0.717, 1.165) is 6.42 Å². The zero-order valence-electron chi connectivity index (χ0n) is 13.8. The lowest BCUT2D eigenvalue weighted by molar-refractivity contribution is -0.129. The summed E-state index contributed by atoms with van der Waals surface area (Å²) in [6, 6.07) is 7.05. The Morgan fingerprint density at radius 1 is 1.29 bits per heavy atom. The maximum absolute atomic E-state index is 12.3. The maximum Gasteiger partial charge on any atom is 0.261 e. The molecule has 1 amide bonds. The molecule has 0 aliphatic heterocycles. The first kappa shape index (κ1) is 17.8. The van der Waals surface area contributed by atoms with Crippen LogP contribution in [0.3, 0.4) is 0 Å². The first-order valence-corrected chi connectivity index (χ1v) is 7.61. The number of rotatable bonds is 5. The number of hydrogen-bond donors (Lipinski definition) is 1. The molecule has 1 rings (SSSR count). The van der Waals surface area contributed by atoms with Crippen LogP contribution >= 0.6 is 11.6 Å². The third kappa shape index (κ3) is 6.85. The molecule has 1 N–H and O–H groups in total. The van der Waals surface area contributed by atoms with E-state index in [1.807, 2.05) is 13.8 Å². The summed E-state index contributed by atoms with van der Waals surface area (Å²) < 4.78 is 5.64. The lowest BCUT2D eigenvalue weighted by Gasteiger charge is -2.34. The summed E-state index contributed by atoms with van der Waals surface area (Å²) in [5, 5.41) is 3.64. The average Bonchev–Trinajstić information content (AvgIpc) is 2.24. The molecule has 1 aromatic rings. The lowest BCUT2D eigenvalue weighted by Crippen LogP contribution is -2.50. The summed E-state index contributed by atoms with van der Waals surface area (Å²) in [6.45, 7) is 12.3. The molecule has 0 radical (unpaired) electrons. The monoisotopic (exact) mass is 311 g/mol. The molecule has 0 unspecified atom stereocenters. The van der Waals surface area contributed by atoms with Crippen LogP contribution in [0.5, 0.6) is 5.75 Å². The highest BCUT2D eigenvalue weighted by atomic mass is 35.5. The highest BCUT2D eigenvalue weighted by Crippen LogP contribution is 2.27. The SMILES string of the molecule is C[C@H](Oc1cccc(Cl)c1)C(=O)NC(C)(C)CC(C)(C)C. The molecule has 0 aliphatic rings. The number of halogens is 1. The standard InChI is InChI=1S/C17H26ClNO2/c1-12(21-14-9-7-8-13(18)10-14)15(20)19-17(5,6)11-16(2,3)4/h7-10,12H,11H2,1-6H3,(H,19,20)/t12-/m0/s1. The van der Waals surface area contributed by atoms with Crippen LogP contribution in [0.1, 0.15) is 48.0 Å². The fourth-order valence-corrected chi connectivity index (χ4v) is 2.78. The van der Waals surface area contributed by atoms with E-state index in [2.05, 4.69) is 26.1 Å². The average molecular weight is 312 g/mol. The number of carbonyl (C=O) groups excluding carboxylic acids is 1. The smallest absolute Gasteiger partial charge is 0.261 e. The Morgan fingerprint density at radius 2 is 1.90 bits per heavy atom. The molecule has 1 aromatic carbocycles. The van der Waals surface area contributed by atoms with Crippen molar-refractivity contribution in [2.24, 2.45) is 5.41 Å². The molecule has 4 heteroatoms. The molecule has 1 atom stereocenters. The van der Waals surface area contributed by atoms with Crippen molar-refractivity contribution in [2.45, 2.75) is 59.6 Å². The van der Waals surface area contributed by atoms with E-state index in [1.165, 1.54) is 0 Å². The Kier molecular flexibility index (Phi) is 5.68. The van der Waals surface area contributed by atoms with E-state index >= 15 is 0 Å². The molecule has 0 aliphatic carbocycles. The fourth-order valence-electron chi connectivity index (χ4n) is 2.60. The van der Waals surface area contributed by atoms with Gasteiger partial charge in [-0.05, 0) is 50.8 Å². The molecule has 0 saturated heterocycles. The number of benzene rings is 1. The van der Waals surface area contributed by atoms with Crippen LogP contribution in [0.15, 0.2) is 24.3 Å². The second kappa shape index (κ2) is 6.69. The van der Waals surface area contributed by atoms with Crippen molar-refractivity contribution in [3.8, 4) is 5.75 Å². The van der Waals surface area contributed by atoms with Gasteiger partial charge in [-0.3, -0.25) is 4.79 Å². The summed E-state index contributed by atoms with van der Waals surface area (Å²) >= 11 is 5.91. The van der Waals surface area contributed by atoms with Crippen molar-refractivity contribution in [2.75, 3.05) is 0 Å². The van der Waals surface area contributed by atoms with Gasteiger partial charge in [0.25, 0.3) is 5.91 Å². The minimum absolute atomic E-state index is 0.121. The number of ether oxygens (including phenoxy) is 1. The quantitative estimate of drug-likeness (QED) is 0.873. The van der Waals surface area contributed by atoms with Gasteiger partial charge in [0.15, 0.2) is 6.10 Å². The summed E-state index contributed by atoms with van der Waals surface area (Å²) in [6.07, 6.45) is 0.318. The Hall–Kier alpha value is -1.22. The van der Waals surface area contributed by atoms with Crippen LogP contribution < -0.4 is 10.1 Å². The Morgan fingerprint density at radius 3 is 2.43 bits per heavy atom. The van der Waals surface area contributed by atoms with Gasteiger partial charge >= 0.3 is 0 Å². The Labute approximate surface area is 133 Å². The molecular weight excluding hydrogens is 286 g/mol. The van der Waals surface area contributed by atoms with Gasteiger partial charge in [-0.15, -0.1) is 0 Å². The zero-order chi connectivity index (χ0) is 16.3. The second-order valence-electron chi connectivity index (χ2n) is 7.33. The van der Waals surface area contributed by atoms with Crippen molar-refractivity contribution < 1.29 is 9.53 Å². The molecule has 0 heterocycles. The molecular formula is C17H26ClNO2. The predicted molar refractivity (Wildman–Crippen MR) is 87.8 cm³/mol. The summed E-state index contributed by atoms with van der Waals surface area (Å²) in [5.74, 6) is 0.475. The summed E-state index contributed by atoms with van der Waals surface area (Å²) in [7, 11) is 0. The van der Waals surface area contributed by atoms with Crippen LogP contribution in [0, 0.1) is 5.41 Å². The topological polar surface area (TPSA) is 38.3 Å². The molecule has 118 valence electrons. The van der Waals surface area contributed by atoms with Crippen LogP contribution in [0.4, 0.5) is 0 Å². The van der Waals surface area contributed by atoms with E-state index in [4.69, 9.17) is 16.3 Å². The molecule has 0 saturated carbocycles. The van der Waals surface area contributed by atoms with Gasteiger partial charge in [-0.2, -0.15) is 0 Å². The largest absolute Gasteiger partial charge is 0.481 e. The van der Waals surface area contributed by atoms with E-state index in [1.54, 1.807) is 31.2 Å². The Bertz CT molecular complexity index is 492. The molecule has 0 spiro atoms. The van der Waals surface area contributed by atoms with Gasteiger partial charge in [-0.1, -0.05) is 38.4 Å². The predicted octanol–water partition coefficient (Wildman–Crippen LogP) is 4.44. The molecule has 21 heavy (non-hydrogen) atoms. The van der Waals surface area contributed by atoms with E-state index in [-0.39, 0.29) is 16.9 Å². The van der Waals surface area contributed by atoms with Crippen molar-refractivity contribution in [3.63, 3.8) is 0 Å². The summed E-state index contributed by atoms with van der Waals surface area (Å²) in [5.41, 5.74) is -0.130. The number of hydrogen-bond acceptors (Lipinski definition) is 2. The fraction of sp³-hybridized carbons (Fsp3) is 0.588. The molecule has 0 fully saturated rings.